The van der Waals surface area contributed by atoms with Gasteiger partial charge in [0.2, 0.25) is 0 Å². The summed E-state index contributed by atoms with van der Waals surface area (Å²) < 4.78 is 46.0. The van der Waals surface area contributed by atoms with Gasteiger partial charge < -0.3 is 14.4 Å². The zero-order valence-corrected chi connectivity index (χ0v) is 16.1. The Kier molecular flexibility index (Phi) is 6.64. The number of carbonyl (C=O) groups excluding carboxylic acids is 1. The second-order valence-corrected chi connectivity index (χ2v) is 6.72. The molecule has 8 heteroatoms. The van der Waals surface area contributed by atoms with Crippen LogP contribution in [0.25, 0.3) is 0 Å². The van der Waals surface area contributed by atoms with Gasteiger partial charge in [-0.3, -0.25) is 9.69 Å². The minimum absolute atomic E-state index is 0.190. The van der Waals surface area contributed by atoms with E-state index in [1.807, 2.05) is 31.2 Å². The molecule has 0 radical (unpaired) electrons. The zero-order valence-electron chi connectivity index (χ0n) is 16.1. The van der Waals surface area contributed by atoms with Gasteiger partial charge in [-0.2, -0.15) is 0 Å². The first kappa shape index (κ1) is 21.0. The van der Waals surface area contributed by atoms with Gasteiger partial charge in [0.15, 0.2) is 0 Å². The van der Waals surface area contributed by atoms with E-state index in [9.17, 15) is 18.0 Å². The highest BCUT2D eigenvalue weighted by Crippen LogP contribution is 2.23. The molecule has 1 aliphatic heterocycles. The Morgan fingerprint density at radius 2 is 1.52 bits per heavy atom. The van der Waals surface area contributed by atoms with Crippen molar-refractivity contribution in [3.63, 3.8) is 0 Å². The average Bonchev–Trinajstić information content (AvgIpc) is 2.69. The number of hydrogen-bond donors (Lipinski definition) is 0. The van der Waals surface area contributed by atoms with Crippen LogP contribution in [-0.4, -0.2) is 54.9 Å². The van der Waals surface area contributed by atoms with Crippen molar-refractivity contribution >= 4 is 5.91 Å². The summed E-state index contributed by atoms with van der Waals surface area (Å²) in [6.45, 7) is 5.96. The molecule has 3 rings (SSSR count). The molecule has 0 aromatic heterocycles. The Morgan fingerprint density at radius 1 is 0.931 bits per heavy atom. The van der Waals surface area contributed by atoms with E-state index >= 15 is 0 Å². The third kappa shape index (κ3) is 6.12. The molecule has 29 heavy (non-hydrogen) atoms. The van der Waals surface area contributed by atoms with Crippen LogP contribution in [0.5, 0.6) is 11.5 Å². The van der Waals surface area contributed by atoms with Gasteiger partial charge in [-0.1, -0.05) is 12.1 Å². The Labute approximate surface area is 167 Å². The van der Waals surface area contributed by atoms with E-state index in [4.69, 9.17) is 4.74 Å². The number of nitrogens with zero attached hydrogens (tertiary/aromatic N) is 2. The first-order chi connectivity index (χ1) is 13.8. The number of amides is 1. The van der Waals surface area contributed by atoms with E-state index in [-0.39, 0.29) is 11.7 Å². The molecule has 2 aromatic carbocycles. The highest BCUT2D eigenvalue weighted by atomic mass is 19.4. The largest absolute Gasteiger partial charge is 0.573 e. The molecule has 0 spiro atoms. The highest BCUT2D eigenvalue weighted by molar-refractivity contribution is 5.94. The fourth-order valence-electron chi connectivity index (χ4n) is 3.21. The molecular weight excluding hydrogens is 385 g/mol. The summed E-state index contributed by atoms with van der Waals surface area (Å²) >= 11 is 0. The molecule has 1 aliphatic rings. The molecule has 0 saturated carbocycles. The standard InChI is InChI=1S/C21H23F3N2O3/c1-2-28-18-7-3-16(4-8-18)15-25-11-13-26(14-12-25)20(27)17-5-9-19(10-6-17)29-21(22,23)24/h3-10H,2,11-15H2,1H3. The fraction of sp³-hybridized carbons (Fsp3) is 0.381. The summed E-state index contributed by atoms with van der Waals surface area (Å²) in [5.74, 6) is 0.316. The van der Waals surface area contributed by atoms with Crippen LogP contribution in [-0.2, 0) is 6.54 Å². The lowest BCUT2D eigenvalue weighted by atomic mass is 10.1. The minimum Gasteiger partial charge on any atom is -0.494 e. The SMILES string of the molecule is CCOc1ccc(CN2CCN(C(=O)c3ccc(OC(F)(F)F)cc3)CC2)cc1. The van der Waals surface area contributed by atoms with E-state index in [1.165, 1.54) is 17.7 Å². The smallest absolute Gasteiger partial charge is 0.494 e. The predicted octanol–water partition coefficient (Wildman–Crippen LogP) is 3.94. The van der Waals surface area contributed by atoms with Gasteiger partial charge in [-0.15, -0.1) is 13.2 Å². The van der Waals surface area contributed by atoms with E-state index in [0.717, 1.165) is 37.5 Å². The topological polar surface area (TPSA) is 42.0 Å². The number of rotatable bonds is 6. The molecule has 1 heterocycles. The van der Waals surface area contributed by atoms with Crippen molar-refractivity contribution in [2.75, 3.05) is 32.8 Å². The number of benzene rings is 2. The van der Waals surface area contributed by atoms with Crippen LogP contribution in [0.1, 0.15) is 22.8 Å². The number of ether oxygens (including phenoxy) is 2. The molecule has 0 atom stereocenters. The van der Waals surface area contributed by atoms with Crippen LogP contribution in [0.2, 0.25) is 0 Å². The number of alkyl halides is 3. The summed E-state index contributed by atoms with van der Waals surface area (Å²) in [5.41, 5.74) is 1.52. The van der Waals surface area contributed by atoms with Gasteiger partial charge in [0.25, 0.3) is 5.91 Å². The fourth-order valence-corrected chi connectivity index (χ4v) is 3.21. The molecule has 1 saturated heterocycles. The predicted molar refractivity (Wildman–Crippen MR) is 102 cm³/mol. The third-order valence-corrected chi connectivity index (χ3v) is 4.63. The summed E-state index contributed by atoms with van der Waals surface area (Å²) in [6, 6.07) is 13.0. The molecule has 0 aliphatic carbocycles. The lowest BCUT2D eigenvalue weighted by Crippen LogP contribution is -2.48. The maximum Gasteiger partial charge on any atom is 0.573 e. The Hall–Kier alpha value is -2.74. The van der Waals surface area contributed by atoms with Gasteiger partial charge >= 0.3 is 6.36 Å². The molecular formula is C21H23F3N2O3. The van der Waals surface area contributed by atoms with Crippen molar-refractivity contribution in [3.05, 3.63) is 59.7 Å². The quantitative estimate of drug-likeness (QED) is 0.726. The second-order valence-electron chi connectivity index (χ2n) is 6.72. The van der Waals surface area contributed by atoms with E-state index in [1.54, 1.807) is 4.90 Å². The molecule has 156 valence electrons. The first-order valence-corrected chi connectivity index (χ1v) is 9.43. The van der Waals surface area contributed by atoms with Crippen LogP contribution in [0.3, 0.4) is 0 Å². The van der Waals surface area contributed by atoms with Crippen LogP contribution in [0.15, 0.2) is 48.5 Å². The third-order valence-electron chi connectivity index (χ3n) is 4.63. The zero-order chi connectivity index (χ0) is 20.9. The Morgan fingerprint density at radius 3 is 2.07 bits per heavy atom. The van der Waals surface area contributed by atoms with Gasteiger partial charge in [-0.05, 0) is 48.9 Å². The highest BCUT2D eigenvalue weighted by Gasteiger charge is 2.31. The number of piperazine rings is 1. The summed E-state index contributed by atoms with van der Waals surface area (Å²) in [6.07, 6.45) is -4.74. The molecule has 0 bridgehead atoms. The Balaban J connectivity index is 1.50. The van der Waals surface area contributed by atoms with Gasteiger partial charge in [0, 0.05) is 38.3 Å². The molecule has 2 aromatic rings. The summed E-state index contributed by atoms with van der Waals surface area (Å²) in [4.78, 5) is 16.6. The molecule has 1 amide bonds. The minimum atomic E-state index is -4.74. The van der Waals surface area contributed by atoms with Crippen LogP contribution >= 0.6 is 0 Å². The van der Waals surface area contributed by atoms with Crippen LogP contribution in [0, 0.1) is 0 Å². The normalized spacial score (nSPS) is 15.2. The lowest BCUT2D eigenvalue weighted by molar-refractivity contribution is -0.274. The number of carbonyl (C=O) groups is 1. The summed E-state index contributed by atoms with van der Waals surface area (Å²) in [5, 5.41) is 0. The van der Waals surface area contributed by atoms with Crippen molar-refractivity contribution in [2.24, 2.45) is 0 Å². The van der Waals surface area contributed by atoms with Crippen LogP contribution < -0.4 is 9.47 Å². The van der Waals surface area contributed by atoms with Crippen molar-refractivity contribution in [1.29, 1.82) is 0 Å². The summed E-state index contributed by atoms with van der Waals surface area (Å²) in [7, 11) is 0. The Bertz CT molecular complexity index is 799. The molecule has 0 unspecified atom stereocenters. The van der Waals surface area contributed by atoms with Crippen LogP contribution in [0.4, 0.5) is 13.2 Å². The molecule has 1 fully saturated rings. The van der Waals surface area contributed by atoms with Crippen molar-refractivity contribution in [2.45, 2.75) is 19.8 Å². The van der Waals surface area contributed by atoms with E-state index < -0.39 is 6.36 Å². The van der Waals surface area contributed by atoms with Crippen molar-refractivity contribution in [1.82, 2.24) is 9.80 Å². The van der Waals surface area contributed by atoms with Gasteiger partial charge in [0.1, 0.15) is 11.5 Å². The first-order valence-electron chi connectivity index (χ1n) is 9.43. The molecule has 0 N–H and O–H groups in total. The van der Waals surface area contributed by atoms with Crippen molar-refractivity contribution in [3.8, 4) is 11.5 Å². The number of hydrogen-bond acceptors (Lipinski definition) is 4. The van der Waals surface area contributed by atoms with Gasteiger partial charge in [-0.25, -0.2) is 0 Å². The maximum absolute atomic E-state index is 12.6. The molecule has 5 nitrogen and oxygen atoms in total. The monoisotopic (exact) mass is 408 g/mol. The lowest BCUT2D eigenvalue weighted by Gasteiger charge is -2.34. The second kappa shape index (κ2) is 9.17. The average molecular weight is 408 g/mol. The van der Waals surface area contributed by atoms with E-state index in [0.29, 0.717) is 25.3 Å². The van der Waals surface area contributed by atoms with Gasteiger partial charge in [0.05, 0.1) is 6.61 Å². The van der Waals surface area contributed by atoms with E-state index in [2.05, 4.69) is 9.64 Å². The van der Waals surface area contributed by atoms with Crippen molar-refractivity contribution < 1.29 is 27.4 Å². The maximum atomic E-state index is 12.6. The number of halogens is 3.